The van der Waals surface area contributed by atoms with Crippen molar-refractivity contribution in [3.8, 4) is 0 Å². The summed E-state index contributed by atoms with van der Waals surface area (Å²) < 4.78 is 11.0. The smallest absolute Gasteiger partial charge is 0.410 e. The third-order valence-corrected chi connectivity index (χ3v) is 9.04. The number of anilines is 2. The second kappa shape index (κ2) is 16.6. The van der Waals surface area contributed by atoms with Gasteiger partial charge in [-0.2, -0.15) is 0 Å². The molecule has 1 aliphatic carbocycles. The van der Waals surface area contributed by atoms with E-state index in [0.717, 1.165) is 47.9 Å². The normalized spacial score (nSPS) is 18.5. The Morgan fingerprint density at radius 3 is 1.68 bits per heavy atom. The molecule has 0 saturated carbocycles. The maximum atomic E-state index is 13.1. The number of amides is 4. The number of carbonyl (C=O) groups is 4. The van der Waals surface area contributed by atoms with Crippen molar-refractivity contribution in [2.75, 3.05) is 30.3 Å². The zero-order valence-electron chi connectivity index (χ0n) is 28.0. The molecule has 2 heterocycles. The molecule has 2 atom stereocenters. The highest BCUT2D eigenvalue weighted by Crippen LogP contribution is 2.23. The van der Waals surface area contributed by atoms with Gasteiger partial charge >= 0.3 is 12.2 Å². The summed E-state index contributed by atoms with van der Waals surface area (Å²) in [5.74, 6) is -0.462. The van der Waals surface area contributed by atoms with Gasteiger partial charge in [-0.05, 0) is 85.1 Å². The number of nitrogens with zero attached hydrogens (tertiary/aromatic N) is 2. The number of nitrogens with one attached hydrogen (secondary N) is 2. The third kappa shape index (κ3) is 9.07. The number of benzene rings is 3. The Morgan fingerprint density at radius 1 is 0.660 bits per heavy atom. The minimum atomic E-state index is -0.578. The van der Waals surface area contributed by atoms with E-state index in [4.69, 9.17) is 9.47 Å². The van der Waals surface area contributed by atoms with Gasteiger partial charge in [0.1, 0.15) is 25.3 Å². The van der Waals surface area contributed by atoms with Crippen LogP contribution in [0.3, 0.4) is 0 Å². The van der Waals surface area contributed by atoms with Crippen LogP contribution in [0, 0.1) is 0 Å². The summed E-state index contributed by atoms with van der Waals surface area (Å²) >= 11 is 0. The fraction of sp³-hybridized carbons (Fsp3) is 0.300. The molecule has 0 bridgehead atoms. The lowest BCUT2D eigenvalue weighted by Crippen LogP contribution is -2.43. The molecule has 10 nitrogen and oxygen atoms in total. The minimum Gasteiger partial charge on any atom is -0.445 e. The van der Waals surface area contributed by atoms with Crippen LogP contribution in [-0.2, 0) is 25.7 Å². The average molecular weight is 675 g/mol. The van der Waals surface area contributed by atoms with E-state index in [2.05, 4.69) is 22.8 Å². The summed E-state index contributed by atoms with van der Waals surface area (Å²) in [6.45, 7) is 1.35. The van der Waals surface area contributed by atoms with Crippen LogP contribution < -0.4 is 10.6 Å². The largest absolute Gasteiger partial charge is 0.445 e. The number of likely N-dealkylation sites (tertiary alicyclic amines) is 2. The fourth-order valence-electron chi connectivity index (χ4n) is 6.32. The first-order valence-corrected chi connectivity index (χ1v) is 17.2. The summed E-state index contributed by atoms with van der Waals surface area (Å²) in [7, 11) is 0. The van der Waals surface area contributed by atoms with E-state index in [1.54, 1.807) is 0 Å². The molecule has 6 rings (SSSR count). The van der Waals surface area contributed by atoms with E-state index in [-0.39, 0.29) is 25.0 Å². The second-order valence-electron chi connectivity index (χ2n) is 12.6. The number of ether oxygens (including phenoxy) is 2. The number of hydrogen-bond acceptors (Lipinski definition) is 6. The van der Waals surface area contributed by atoms with Crippen LogP contribution in [-0.4, -0.2) is 65.6 Å². The summed E-state index contributed by atoms with van der Waals surface area (Å²) in [6.07, 6.45) is 13.7. The van der Waals surface area contributed by atoms with Crippen molar-refractivity contribution in [2.45, 2.75) is 57.2 Å². The van der Waals surface area contributed by atoms with E-state index in [1.807, 2.05) is 97.1 Å². The Hall–Kier alpha value is -5.64. The van der Waals surface area contributed by atoms with Gasteiger partial charge < -0.3 is 20.1 Å². The molecular weight excluding hydrogens is 632 g/mol. The molecule has 2 N–H and O–H groups in total. The van der Waals surface area contributed by atoms with Gasteiger partial charge in [-0.1, -0.05) is 85.0 Å². The molecule has 4 amide bonds. The Kier molecular flexibility index (Phi) is 11.4. The molecule has 2 saturated heterocycles. The van der Waals surface area contributed by atoms with Crippen molar-refractivity contribution in [1.82, 2.24) is 9.80 Å². The van der Waals surface area contributed by atoms with E-state index in [9.17, 15) is 19.2 Å². The van der Waals surface area contributed by atoms with Crippen LogP contribution in [0.5, 0.6) is 0 Å². The Labute approximate surface area is 292 Å². The zero-order valence-corrected chi connectivity index (χ0v) is 28.0. The molecule has 3 aromatic carbocycles. The maximum Gasteiger partial charge on any atom is 0.410 e. The van der Waals surface area contributed by atoms with E-state index < -0.39 is 24.3 Å². The molecule has 0 unspecified atom stereocenters. The second-order valence-corrected chi connectivity index (χ2v) is 12.6. The molecule has 50 heavy (non-hydrogen) atoms. The fourth-order valence-corrected chi connectivity index (χ4v) is 6.32. The average Bonchev–Trinajstić information content (AvgIpc) is 3.86. The number of rotatable bonds is 10. The van der Waals surface area contributed by atoms with Gasteiger partial charge in [0, 0.05) is 24.5 Å². The first kappa shape index (κ1) is 34.2. The number of hydrogen-bond donors (Lipinski definition) is 2. The molecule has 3 aliphatic rings. The standard InChI is InChI=1S/C40H42N4O6/c45-37(35-13-7-25-43(35)39(47)49-27-31-9-3-1-4-10-31)41-33-21-17-29(18-22-33)15-16-30-19-23-34(24-20-30)42-38(46)36-14-8-26-44(36)40(48)50-28-32-11-5-2-6-12-32/h1,3-5,9-12,15-24,35-36H,2,6-8,13-14,25-28H2,(H,41,45)(H,42,46)/b16-15+/t35-,36-/m0/s1. The van der Waals surface area contributed by atoms with Crippen LogP contribution in [0.2, 0.25) is 0 Å². The summed E-state index contributed by atoms with van der Waals surface area (Å²) in [4.78, 5) is 54.6. The number of allylic oxidation sites excluding steroid dienone is 2. The van der Waals surface area contributed by atoms with Crippen molar-refractivity contribution < 1.29 is 28.7 Å². The van der Waals surface area contributed by atoms with Crippen molar-refractivity contribution >= 4 is 47.5 Å². The lowest BCUT2D eigenvalue weighted by atomic mass is 10.1. The van der Waals surface area contributed by atoms with Crippen LogP contribution >= 0.6 is 0 Å². The molecule has 2 aliphatic heterocycles. The summed E-state index contributed by atoms with van der Waals surface area (Å²) in [6, 6.07) is 23.3. The Morgan fingerprint density at radius 2 is 1.18 bits per heavy atom. The predicted octanol–water partition coefficient (Wildman–Crippen LogP) is 7.41. The minimum absolute atomic E-state index is 0.163. The van der Waals surface area contributed by atoms with Crippen molar-refractivity contribution in [2.24, 2.45) is 0 Å². The van der Waals surface area contributed by atoms with Crippen LogP contribution in [0.1, 0.15) is 55.2 Å². The van der Waals surface area contributed by atoms with Crippen LogP contribution in [0.25, 0.3) is 12.2 Å². The highest BCUT2D eigenvalue weighted by atomic mass is 16.6. The van der Waals surface area contributed by atoms with Gasteiger partial charge in [0.05, 0.1) is 0 Å². The molecule has 0 radical (unpaired) electrons. The van der Waals surface area contributed by atoms with Crippen molar-refractivity contribution in [3.05, 3.63) is 119 Å². The monoisotopic (exact) mass is 674 g/mol. The summed E-state index contributed by atoms with van der Waals surface area (Å²) in [5.41, 5.74) is 5.05. The van der Waals surface area contributed by atoms with Gasteiger partial charge in [0.25, 0.3) is 0 Å². The molecule has 0 aromatic heterocycles. The third-order valence-electron chi connectivity index (χ3n) is 9.04. The highest BCUT2D eigenvalue weighted by Gasteiger charge is 2.36. The van der Waals surface area contributed by atoms with Gasteiger partial charge in [-0.3, -0.25) is 19.4 Å². The van der Waals surface area contributed by atoms with Crippen LogP contribution in [0.15, 0.2) is 103 Å². The molecule has 2 fully saturated rings. The van der Waals surface area contributed by atoms with Crippen LogP contribution in [0.4, 0.5) is 21.0 Å². The van der Waals surface area contributed by atoms with Gasteiger partial charge in [0.2, 0.25) is 11.8 Å². The molecule has 258 valence electrons. The zero-order chi connectivity index (χ0) is 34.7. The predicted molar refractivity (Wildman–Crippen MR) is 193 cm³/mol. The Bertz CT molecular complexity index is 1750. The first-order valence-electron chi connectivity index (χ1n) is 17.2. The summed E-state index contributed by atoms with van der Waals surface area (Å²) in [5, 5.41) is 5.87. The topological polar surface area (TPSA) is 117 Å². The van der Waals surface area contributed by atoms with Gasteiger partial charge in [-0.25, -0.2) is 9.59 Å². The number of carbonyl (C=O) groups excluding carboxylic acids is 4. The molecule has 0 spiro atoms. The lowest BCUT2D eigenvalue weighted by molar-refractivity contribution is -0.120. The van der Waals surface area contributed by atoms with Crippen molar-refractivity contribution in [3.63, 3.8) is 0 Å². The quantitative estimate of drug-likeness (QED) is 0.216. The molecular formula is C40H42N4O6. The lowest BCUT2D eigenvalue weighted by Gasteiger charge is -2.23. The van der Waals surface area contributed by atoms with Gasteiger partial charge in [0.15, 0.2) is 0 Å². The SMILES string of the molecule is O=C(Nc1ccc(/C=C/c2ccc(NC(=O)[C@@H]3CCCN3C(=O)OCc3ccccc3)cc2)cc1)[C@@H]1CCCN1C(=O)OCC1=CCCC=C1. The van der Waals surface area contributed by atoms with E-state index >= 15 is 0 Å². The molecule has 10 heteroatoms. The molecule has 3 aromatic rings. The van der Waals surface area contributed by atoms with Gasteiger partial charge in [-0.15, -0.1) is 0 Å². The van der Waals surface area contributed by atoms with E-state index in [0.29, 0.717) is 37.3 Å². The van der Waals surface area contributed by atoms with E-state index in [1.165, 1.54) is 9.80 Å². The Balaban J connectivity index is 0.958. The highest BCUT2D eigenvalue weighted by molar-refractivity contribution is 5.97. The maximum absolute atomic E-state index is 13.1. The first-order chi connectivity index (χ1) is 24.4. The van der Waals surface area contributed by atoms with Crippen molar-refractivity contribution in [1.29, 1.82) is 0 Å².